The number of hydrogen-bond donors (Lipinski definition) is 1. The average molecular weight is 451 g/mol. The van der Waals surface area contributed by atoms with Crippen molar-refractivity contribution in [3.05, 3.63) is 83.7 Å². The second-order valence-corrected chi connectivity index (χ2v) is 9.57. The lowest BCUT2D eigenvalue weighted by Crippen LogP contribution is -2.23. The molecule has 0 atom stereocenters. The normalized spacial score (nSPS) is 12.8. The van der Waals surface area contributed by atoms with Crippen LogP contribution >= 0.6 is 11.3 Å². The quantitative estimate of drug-likeness (QED) is 0.461. The lowest BCUT2D eigenvalue weighted by molar-refractivity contribution is 0.174. The van der Waals surface area contributed by atoms with E-state index in [0.29, 0.717) is 0 Å². The van der Waals surface area contributed by atoms with Crippen molar-refractivity contribution < 1.29 is 17.9 Å². The van der Waals surface area contributed by atoms with Crippen LogP contribution in [0.15, 0.2) is 83.1 Å². The maximum atomic E-state index is 12.4. The van der Waals surface area contributed by atoms with Gasteiger partial charge in [-0.3, -0.25) is 0 Å². The van der Waals surface area contributed by atoms with Crippen molar-refractivity contribution >= 4 is 21.4 Å². The average Bonchev–Trinajstić information content (AvgIpc) is 3.48. The molecule has 31 heavy (non-hydrogen) atoms. The molecular formula is C23H18N2O4S2. The summed E-state index contributed by atoms with van der Waals surface area (Å²) in [7, 11) is -3.53. The van der Waals surface area contributed by atoms with Crippen LogP contribution in [0.3, 0.4) is 0 Å². The molecule has 5 rings (SSSR count). The Morgan fingerprint density at radius 1 is 0.903 bits per heavy atom. The van der Waals surface area contributed by atoms with Gasteiger partial charge in [-0.2, -0.15) is 0 Å². The molecule has 0 spiro atoms. The van der Waals surface area contributed by atoms with E-state index >= 15 is 0 Å². The van der Waals surface area contributed by atoms with E-state index in [2.05, 4.69) is 4.72 Å². The molecule has 2 heterocycles. The largest absolute Gasteiger partial charge is 0.454 e. The minimum absolute atomic E-state index is 0.220. The number of benzene rings is 3. The third kappa shape index (κ3) is 4.18. The van der Waals surface area contributed by atoms with Crippen LogP contribution in [-0.2, 0) is 16.6 Å². The number of sulfonamides is 1. The Bertz CT molecular complexity index is 1320. The van der Waals surface area contributed by atoms with Crippen LogP contribution in [0, 0.1) is 0 Å². The number of nitrogens with one attached hydrogen (secondary N) is 1. The SMILES string of the molecule is O=S(=O)(NCc1ccc(-c2nc(-c3ccc4c(c3)OCO4)cs2)cc1)c1ccccc1. The fourth-order valence-corrected chi connectivity index (χ4v) is 5.10. The van der Waals surface area contributed by atoms with Crippen LogP contribution in [0.25, 0.3) is 21.8 Å². The Morgan fingerprint density at radius 3 is 2.45 bits per heavy atom. The third-order valence-electron chi connectivity index (χ3n) is 4.89. The summed E-state index contributed by atoms with van der Waals surface area (Å²) >= 11 is 1.56. The van der Waals surface area contributed by atoms with Gasteiger partial charge in [0.05, 0.1) is 10.6 Å². The molecule has 0 radical (unpaired) electrons. The topological polar surface area (TPSA) is 77.5 Å². The van der Waals surface area contributed by atoms with E-state index in [-0.39, 0.29) is 18.2 Å². The van der Waals surface area contributed by atoms with Crippen LogP contribution in [0.5, 0.6) is 11.5 Å². The van der Waals surface area contributed by atoms with Gasteiger partial charge in [0.25, 0.3) is 0 Å². The molecule has 0 saturated heterocycles. The van der Waals surface area contributed by atoms with Gasteiger partial charge in [0, 0.05) is 23.1 Å². The van der Waals surface area contributed by atoms with Crippen LogP contribution in [0.2, 0.25) is 0 Å². The van der Waals surface area contributed by atoms with E-state index in [1.807, 2.05) is 47.8 Å². The Morgan fingerprint density at radius 2 is 1.65 bits per heavy atom. The molecule has 1 aliphatic rings. The highest BCUT2D eigenvalue weighted by atomic mass is 32.2. The van der Waals surface area contributed by atoms with Gasteiger partial charge in [0.1, 0.15) is 5.01 Å². The number of hydrogen-bond acceptors (Lipinski definition) is 6. The minimum Gasteiger partial charge on any atom is -0.454 e. The van der Waals surface area contributed by atoms with Crippen molar-refractivity contribution in [1.82, 2.24) is 9.71 Å². The van der Waals surface area contributed by atoms with Crippen LogP contribution in [0.4, 0.5) is 0 Å². The fourth-order valence-electron chi connectivity index (χ4n) is 3.22. The summed E-state index contributed by atoms with van der Waals surface area (Å²) in [6, 6.07) is 21.9. The van der Waals surface area contributed by atoms with Crippen molar-refractivity contribution in [2.24, 2.45) is 0 Å². The summed E-state index contributed by atoms with van der Waals surface area (Å²) in [5, 5.41) is 2.90. The smallest absolute Gasteiger partial charge is 0.240 e. The first kappa shape index (κ1) is 19.7. The molecule has 4 aromatic rings. The van der Waals surface area contributed by atoms with E-state index < -0.39 is 10.0 Å². The summed E-state index contributed by atoms with van der Waals surface area (Å²) in [4.78, 5) is 5.00. The zero-order valence-corrected chi connectivity index (χ0v) is 17.9. The Labute approximate surface area is 184 Å². The number of rotatable bonds is 6. The zero-order valence-electron chi connectivity index (χ0n) is 16.3. The summed E-state index contributed by atoms with van der Waals surface area (Å²) in [6.07, 6.45) is 0. The van der Waals surface area contributed by atoms with Gasteiger partial charge in [-0.15, -0.1) is 11.3 Å². The fraction of sp³-hybridized carbons (Fsp3) is 0.0870. The summed E-state index contributed by atoms with van der Waals surface area (Å²) in [6.45, 7) is 0.465. The number of ether oxygens (including phenoxy) is 2. The molecule has 8 heteroatoms. The Kier molecular flexibility index (Phi) is 5.19. The summed E-state index contributed by atoms with van der Waals surface area (Å²) < 4.78 is 38.2. The van der Waals surface area contributed by atoms with E-state index in [1.165, 1.54) is 0 Å². The van der Waals surface area contributed by atoms with Gasteiger partial charge < -0.3 is 9.47 Å². The van der Waals surface area contributed by atoms with Crippen molar-refractivity contribution in [3.8, 4) is 33.3 Å². The molecule has 0 aliphatic carbocycles. The van der Waals surface area contributed by atoms with Crippen molar-refractivity contribution in [1.29, 1.82) is 0 Å². The highest BCUT2D eigenvalue weighted by Crippen LogP contribution is 2.37. The van der Waals surface area contributed by atoms with Crippen molar-refractivity contribution in [2.75, 3.05) is 6.79 Å². The second-order valence-electron chi connectivity index (χ2n) is 6.94. The molecule has 1 aromatic heterocycles. The van der Waals surface area contributed by atoms with Gasteiger partial charge in [-0.25, -0.2) is 18.1 Å². The molecule has 0 unspecified atom stereocenters. The molecule has 0 fully saturated rings. The van der Waals surface area contributed by atoms with Gasteiger partial charge in [0.15, 0.2) is 11.5 Å². The van der Waals surface area contributed by atoms with Crippen LogP contribution < -0.4 is 14.2 Å². The first-order valence-electron chi connectivity index (χ1n) is 9.58. The first-order chi connectivity index (χ1) is 15.1. The van der Waals surface area contributed by atoms with E-state index in [0.717, 1.165) is 38.9 Å². The monoisotopic (exact) mass is 450 g/mol. The third-order valence-corrected chi connectivity index (χ3v) is 7.20. The number of thiazole rings is 1. The summed E-state index contributed by atoms with van der Waals surface area (Å²) in [5.41, 5.74) is 3.69. The molecular weight excluding hydrogens is 432 g/mol. The lowest BCUT2D eigenvalue weighted by Gasteiger charge is -2.07. The number of aromatic nitrogens is 1. The Balaban J connectivity index is 1.28. The molecule has 1 N–H and O–H groups in total. The van der Waals surface area contributed by atoms with Crippen LogP contribution in [-0.4, -0.2) is 20.2 Å². The highest BCUT2D eigenvalue weighted by molar-refractivity contribution is 7.89. The zero-order chi connectivity index (χ0) is 21.3. The van der Waals surface area contributed by atoms with Gasteiger partial charge in [-0.1, -0.05) is 42.5 Å². The number of nitrogens with zero attached hydrogens (tertiary/aromatic N) is 1. The van der Waals surface area contributed by atoms with E-state index in [4.69, 9.17) is 14.5 Å². The molecule has 0 amide bonds. The highest BCUT2D eigenvalue weighted by Gasteiger charge is 2.16. The molecule has 1 aliphatic heterocycles. The maximum Gasteiger partial charge on any atom is 0.240 e. The summed E-state index contributed by atoms with van der Waals surface area (Å²) in [5.74, 6) is 1.48. The van der Waals surface area contributed by atoms with Crippen LogP contribution in [0.1, 0.15) is 5.56 Å². The standard InChI is InChI=1S/C23H18N2O4S2/c26-31(27,19-4-2-1-3-5-19)24-13-16-6-8-17(9-7-16)23-25-20(14-30-23)18-10-11-21-22(12-18)29-15-28-21/h1-12,14,24H,13,15H2. The van der Waals surface area contributed by atoms with E-state index in [1.54, 1.807) is 41.7 Å². The molecule has 3 aromatic carbocycles. The van der Waals surface area contributed by atoms with Gasteiger partial charge >= 0.3 is 0 Å². The molecule has 0 bridgehead atoms. The predicted molar refractivity (Wildman–Crippen MR) is 120 cm³/mol. The second kappa shape index (κ2) is 8.14. The minimum atomic E-state index is -3.53. The van der Waals surface area contributed by atoms with Gasteiger partial charge in [-0.05, 0) is 35.9 Å². The van der Waals surface area contributed by atoms with Crippen molar-refractivity contribution in [3.63, 3.8) is 0 Å². The van der Waals surface area contributed by atoms with Crippen molar-refractivity contribution in [2.45, 2.75) is 11.4 Å². The Hall–Kier alpha value is -3.20. The maximum absolute atomic E-state index is 12.4. The first-order valence-corrected chi connectivity index (χ1v) is 11.9. The predicted octanol–water partition coefficient (Wildman–Crippen LogP) is 4.68. The molecule has 156 valence electrons. The van der Waals surface area contributed by atoms with Gasteiger partial charge in [0.2, 0.25) is 16.8 Å². The lowest BCUT2D eigenvalue weighted by atomic mass is 10.1. The van der Waals surface area contributed by atoms with E-state index in [9.17, 15) is 8.42 Å². The number of fused-ring (bicyclic) bond motifs is 1. The molecule has 6 nitrogen and oxygen atoms in total. The molecule has 0 saturated carbocycles.